The van der Waals surface area contributed by atoms with Crippen LogP contribution in [0, 0.1) is 5.41 Å². The molecule has 0 bridgehead atoms. The first-order valence-electron chi connectivity index (χ1n) is 25.2. The second-order valence-corrected chi connectivity index (χ2v) is 21.2. The zero-order chi connectivity index (χ0) is 52.1. The number of fused-ring (bicyclic) bond motifs is 2. The third kappa shape index (κ3) is 13.0. The minimum Gasteiger partial charge on any atom is -0.468 e. The molecule has 1 aromatic heterocycles. The van der Waals surface area contributed by atoms with Gasteiger partial charge in [0.05, 0.1) is 43.4 Å². The Bertz CT molecular complexity index is 2540. The Hall–Kier alpha value is -5.91. The van der Waals surface area contributed by atoms with Crippen molar-refractivity contribution in [2.45, 2.75) is 136 Å². The Kier molecular flexibility index (Phi) is 17.1. The van der Waals surface area contributed by atoms with Gasteiger partial charge in [0.2, 0.25) is 0 Å². The lowest BCUT2D eigenvalue weighted by molar-refractivity contribution is -0.150. The zero-order valence-corrected chi connectivity index (χ0v) is 43.5. The van der Waals surface area contributed by atoms with Crippen LogP contribution in [0.4, 0.5) is 25.0 Å². The number of hydrazine groups is 1. The molecule has 4 aliphatic rings. The predicted molar refractivity (Wildman–Crippen MR) is 274 cm³/mol. The predicted octanol–water partition coefficient (Wildman–Crippen LogP) is 9.04. The third-order valence-corrected chi connectivity index (χ3v) is 13.7. The highest BCUT2D eigenvalue weighted by atomic mass is 19.3. The molecule has 15 nitrogen and oxygen atoms in total. The lowest BCUT2D eigenvalue weighted by Crippen LogP contribution is -2.60. The number of hydrogen-bond acceptors (Lipinski definition) is 13. The van der Waals surface area contributed by atoms with E-state index in [4.69, 9.17) is 23.9 Å². The smallest absolute Gasteiger partial charge is 0.408 e. The number of carbonyl (C=O) groups excluding carboxylic acids is 4. The maximum atomic E-state index is 15.0. The lowest BCUT2D eigenvalue weighted by atomic mass is 9.75. The van der Waals surface area contributed by atoms with E-state index in [-0.39, 0.29) is 43.3 Å². The number of rotatable bonds is 17. The molecule has 390 valence electrons. The van der Waals surface area contributed by atoms with Crippen molar-refractivity contribution in [2.24, 2.45) is 5.41 Å². The molecular weight excluding hydrogens is 925 g/mol. The van der Waals surface area contributed by atoms with Crippen molar-refractivity contribution in [3.63, 3.8) is 0 Å². The molecule has 7 rings (SSSR count). The summed E-state index contributed by atoms with van der Waals surface area (Å²) >= 11 is 0. The summed E-state index contributed by atoms with van der Waals surface area (Å²) in [6, 6.07) is 10.8. The van der Waals surface area contributed by atoms with Gasteiger partial charge in [-0.15, -0.1) is 0 Å². The number of carbonyl (C=O) groups is 4. The number of piperazine rings is 1. The summed E-state index contributed by atoms with van der Waals surface area (Å²) in [6.45, 7) is 18.7. The average Bonchev–Trinajstić information content (AvgIpc) is 3.82. The van der Waals surface area contributed by atoms with Gasteiger partial charge in [-0.2, -0.15) is 0 Å². The number of methoxy groups -OCH3 is 2. The van der Waals surface area contributed by atoms with Gasteiger partial charge in [0.1, 0.15) is 17.7 Å². The van der Waals surface area contributed by atoms with Gasteiger partial charge in [-0.25, -0.2) is 19.0 Å². The molecule has 2 fully saturated rings. The molecular formula is C55H73F2N7O8. The summed E-state index contributed by atoms with van der Waals surface area (Å²) in [4.78, 5) is 62.4. The molecule has 4 aliphatic heterocycles. The first-order valence-corrected chi connectivity index (χ1v) is 25.2. The van der Waals surface area contributed by atoms with E-state index in [1.54, 1.807) is 33.9 Å². The molecule has 0 unspecified atom stereocenters. The summed E-state index contributed by atoms with van der Waals surface area (Å²) in [5, 5.41) is 7.84. The highest BCUT2D eigenvalue weighted by Crippen LogP contribution is 2.48. The second kappa shape index (κ2) is 22.9. The van der Waals surface area contributed by atoms with Gasteiger partial charge in [0, 0.05) is 87.0 Å². The molecule has 0 radical (unpaired) electrons. The van der Waals surface area contributed by atoms with E-state index in [0.29, 0.717) is 42.0 Å². The van der Waals surface area contributed by atoms with Gasteiger partial charge in [-0.3, -0.25) is 29.3 Å². The van der Waals surface area contributed by atoms with Crippen molar-refractivity contribution in [3.05, 3.63) is 88.8 Å². The molecule has 3 N–H and O–H groups in total. The topological polar surface area (TPSA) is 164 Å². The van der Waals surface area contributed by atoms with Crippen LogP contribution in [0.5, 0.6) is 0 Å². The number of alkyl carbamates (subject to hydrolysis) is 1. The number of esters is 2. The van der Waals surface area contributed by atoms with Crippen LogP contribution in [-0.2, 0) is 39.8 Å². The van der Waals surface area contributed by atoms with E-state index in [1.807, 2.05) is 31.3 Å². The van der Waals surface area contributed by atoms with Gasteiger partial charge in [-0.05, 0) is 105 Å². The SMILES string of the molecule is CCC[C@@H]1Nc2ccc(-c3cc(C[C@H](NC(=O)OC(C)(C)C)C(=O)N4CCC[C@@H](C(=O)OC)N4)cc(C(F)F)c3)cc2C(CC(C)(C)COC(C)=O)=C1c1cc(N2CCN3CC=C[C@@H]3C2)cnc1[C@H](C)OC. The monoisotopic (exact) mass is 998 g/mol. The van der Waals surface area contributed by atoms with Gasteiger partial charge < -0.3 is 34.5 Å². The average molecular weight is 998 g/mol. The molecule has 2 aromatic carbocycles. The number of allylic oxidation sites excluding steroid dienone is 1. The van der Waals surface area contributed by atoms with Crippen LogP contribution in [0.25, 0.3) is 22.3 Å². The summed E-state index contributed by atoms with van der Waals surface area (Å²) in [5.41, 5.74) is 9.22. The fourth-order valence-electron chi connectivity index (χ4n) is 10.2. The minimum absolute atomic E-state index is 0.152. The number of ether oxygens (including phenoxy) is 4. The number of hydrogen-bond donors (Lipinski definition) is 3. The fraction of sp³-hybridized carbons (Fsp3) is 0.545. The maximum absolute atomic E-state index is 15.0. The molecule has 17 heteroatoms. The number of nitrogens with zero attached hydrogens (tertiary/aromatic N) is 4. The Morgan fingerprint density at radius 1 is 0.972 bits per heavy atom. The molecule has 72 heavy (non-hydrogen) atoms. The number of amides is 2. The minimum atomic E-state index is -2.87. The van der Waals surface area contributed by atoms with Crippen LogP contribution < -0.4 is 21.0 Å². The highest BCUT2D eigenvalue weighted by molar-refractivity contribution is 6.02. The number of aromatic nitrogens is 1. The van der Waals surface area contributed by atoms with Crippen LogP contribution in [0.2, 0.25) is 0 Å². The Morgan fingerprint density at radius 3 is 2.44 bits per heavy atom. The number of pyridine rings is 1. The second-order valence-electron chi connectivity index (χ2n) is 21.2. The summed E-state index contributed by atoms with van der Waals surface area (Å²) in [6.07, 6.45) is 5.24. The highest BCUT2D eigenvalue weighted by Gasteiger charge is 2.37. The largest absolute Gasteiger partial charge is 0.468 e. The number of alkyl halides is 2. The molecule has 5 atom stereocenters. The van der Waals surface area contributed by atoms with E-state index in [2.05, 4.69) is 64.8 Å². The number of benzene rings is 2. The summed E-state index contributed by atoms with van der Waals surface area (Å²) < 4.78 is 52.3. The quantitative estimate of drug-likeness (QED) is 0.0668. The van der Waals surface area contributed by atoms with Gasteiger partial charge >= 0.3 is 18.0 Å². The Balaban J connectivity index is 1.36. The maximum Gasteiger partial charge on any atom is 0.408 e. The zero-order valence-electron chi connectivity index (χ0n) is 43.5. The van der Waals surface area contributed by atoms with Crippen molar-refractivity contribution in [3.8, 4) is 11.1 Å². The molecule has 2 saturated heterocycles. The van der Waals surface area contributed by atoms with Crippen LogP contribution in [-0.4, -0.2) is 122 Å². The standard InChI is InChI=1S/C55H73F2N7O8/c1-11-14-45-48(42-28-40(30-58-49(42)33(2)69-9)63-22-21-62-19-12-15-39(62)31-63)43(29-55(7,8)32-71-34(3)65)41-27-36(17-18-44(41)59-45)37-23-35(24-38(26-37)50(56)57)25-47(60-53(68)72-54(4,5)6)51(66)64-20-13-16-46(61-64)52(67)70-10/h12,15,17-18,23-24,26-28,30,33,39,45-47,50,59,61H,11,13-14,16,19-22,25,29,31-32H2,1-10H3,(H,60,68)/t33-,39+,45-,46-,47-/m0/s1. The normalized spacial score (nSPS) is 20.1. The number of halogens is 2. The van der Waals surface area contributed by atoms with Gasteiger partial charge in [0.15, 0.2) is 0 Å². The van der Waals surface area contributed by atoms with E-state index in [0.717, 1.165) is 78.4 Å². The molecule has 0 spiro atoms. The Labute approximate surface area is 423 Å². The van der Waals surface area contributed by atoms with Crippen molar-refractivity contribution in [1.29, 1.82) is 0 Å². The third-order valence-electron chi connectivity index (χ3n) is 13.7. The molecule has 2 amide bonds. The first kappa shape index (κ1) is 53.9. The van der Waals surface area contributed by atoms with Crippen molar-refractivity contribution in [2.75, 3.05) is 63.8 Å². The van der Waals surface area contributed by atoms with Crippen LogP contribution in [0.1, 0.15) is 128 Å². The first-order chi connectivity index (χ1) is 34.2. The molecule has 5 heterocycles. The van der Waals surface area contributed by atoms with Crippen molar-refractivity contribution in [1.82, 2.24) is 25.6 Å². The van der Waals surface area contributed by atoms with Crippen LogP contribution >= 0.6 is 0 Å². The lowest BCUT2D eigenvalue weighted by Gasteiger charge is -2.39. The molecule has 0 saturated carbocycles. The fourth-order valence-corrected chi connectivity index (χ4v) is 10.2. The summed E-state index contributed by atoms with van der Waals surface area (Å²) in [7, 11) is 2.94. The van der Waals surface area contributed by atoms with Crippen molar-refractivity contribution >= 4 is 46.5 Å². The number of anilines is 2. The van der Waals surface area contributed by atoms with E-state index in [9.17, 15) is 19.2 Å². The van der Waals surface area contributed by atoms with Gasteiger partial charge in [0.25, 0.3) is 12.3 Å². The van der Waals surface area contributed by atoms with Crippen molar-refractivity contribution < 1.29 is 46.9 Å². The van der Waals surface area contributed by atoms with Crippen LogP contribution in [0.15, 0.2) is 60.8 Å². The molecule has 3 aromatic rings. The number of nitrogens with one attached hydrogen (secondary N) is 3. The van der Waals surface area contributed by atoms with E-state index in [1.165, 1.54) is 31.2 Å². The van der Waals surface area contributed by atoms with E-state index >= 15 is 8.78 Å². The molecule has 0 aliphatic carbocycles. The van der Waals surface area contributed by atoms with Gasteiger partial charge in [-0.1, -0.05) is 57.5 Å². The van der Waals surface area contributed by atoms with Crippen LogP contribution in [0.3, 0.4) is 0 Å². The Morgan fingerprint density at radius 2 is 1.75 bits per heavy atom. The van der Waals surface area contributed by atoms with E-state index < -0.39 is 47.5 Å². The summed E-state index contributed by atoms with van der Waals surface area (Å²) in [5.74, 6) is -1.49.